The van der Waals surface area contributed by atoms with Crippen molar-refractivity contribution in [3.05, 3.63) is 63.6 Å². The van der Waals surface area contributed by atoms with Crippen LogP contribution in [0.15, 0.2) is 42.0 Å². The number of fused-ring (bicyclic) bond motifs is 1. The number of carbonyl (C=O) groups is 2. The Bertz CT molecular complexity index is 1240. The Morgan fingerprint density at radius 2 is 2.03 bits per heavy atom. The van der Waals surface area contributed by atoms with Gasteiger partial charge in [0.25, 0.3) is 0 Å². The summed E-state index contributed by atoms with van der Waals surface area (Å²) in [6, 6.07) is 5.88. The van der Waals surface area contributed by atoms with E-state index in [4.69, 9.17) is 31.3 Å². The summed E-state index contributed by atoms with van der Waals surface area (Å²) in [6.45, 7) is 2.88. The smallest absolute Gasteiger partial charge is 0.338 e. The van der Waals surface area contributed by atoms with E-state index in [1.165, 1.54) is 24.1 Å². The van der Waals surface area contributed by atoms with Gasteiger partial charge in [0.05, 0.1) is 11.9 Å². The van der Waals surface area contributed by atoms with Crippen molar-refractivity contribution in [1.29, 1.82) is 0 Å². The lowest BCUT2D eigenvalue weighted by atomic mass is 10.1. The Labute approximate surface area is 192 Å². The molecule has 0 N–H and O–H groups in total. The van der Waals surface area contributed by atoms with Crippen LogP contribution >= 0.6 is 11.6 Å². The van der Waals surface area contributed by atoms with Gasteiger partial charge in [-0.15, -0.1) is 0 Å². The maximum Gasteiger partial charge on any atom is 0.338 e. The predicted octanol–water partition coefficient (Wildman–Crippen LogP) is 3.15. The molecule has 2 aromatic heterocycles. The monoisotopic (exact) mass is 471 g/mol. The Hall–Kier alpha value is -3.73. The molecule has 0 saturated carbocycles. The average molecular weight is 472 g/mol. The first-order chi connectivity index (χ1) is 15.9. The first-order valence-electron chi connectivity index (χ1n) is 9.82. The minimum atomic E-state index is -1.03. The van der Waals surface area contributed by atoms with Crippen LogP contribution in [0.1, 0.15) is 29.1 Å². The molecule has 1 aliphatic heterocycles. The van der Waals surface area contributed by atoms with Crippen molar-refractivity contribution in [2.24, 2.45) is 5.11 Å². The molecule has 1 saturated heterocycles. The lowest BCUT2D eigenvalue weighted by molar-refractivity contribution is -0.152. The van der Waals surface area contributed by atoms with Crippen LogP contribution in [0.5, 0.6) is 0 Å². The van der Waals surface area contributed by atoms with Gasteiger partial charge in [0.1, 0.15) is 30.6 Å². The molecule has 170 valence electrons. The summed E-state index contributed by atoms with van der Waals surface area (Å²) >= 11 is 6.08. The van der Waals surface area contributed by atoms with Gasteiger partial charge in [-0.25, -0.2) is 19.7 Å². The molecule has 0 bridgehead atoms. The van der Waals surface area contributed by atoms with Crippen molar-refractivity contribution >= 4 is 34.7 Å². The van der Waals surface area contributed by atoms with E-state index in [-0.39, 0.29) is 11.8 Å². The number of hydrogen-bond donors (Lipinski definition) is 0. The van der Waals surface area contributed by atoms with Crippen LogP contribution in [0.25, 0.3) is 21.6 Å². The Morgan fingerprint density at radius 1 is 1.27 bits per heavy atom. The Kier molecular flexibility index (Phi) is 6.40. The minimum Gasteiger partial charge on any atom is -0.459 e. The fourth-order valence-corrected chi connectivity index (χ4v) is 3.72. The van der Waals surface area contributed by atoms with Crippen LogP contribution in [0.3, 0.4) is 0 Å². The zero-order chi connectivity index (χ0) is 23.5. The standard InChI is InChI=1S/C20H18ClN7O5/c1-10-3-5-12(6-4-10)20(30)31-7-13-14(26-27-22)16(32-11(2)29)19(33-13)28-9-25-15-17(21)23-8-24-18(15)28/h3-6,8-9,13-14,16,19H,7H2,1-2H3/t13-,14+,16?,19-/m0/s1. The molecule has 1 aliphatic rings. The quantitative estimate of drug-likeness (QED) is 0.174. The topological polar surface area (TPSA) is 154 Å². The van der Waals surface area contributed by atoms with E-state index in [1.54, 1.807) is 24.3 Å². The summed E-state index contributed by atoms with van der Waals surface area (Å²) in [5.41, 5.74) is 11.1. The SMILES string of the molecule is CC(=O)OC1[C@H](N=[N+]=[N-])[C@H](COC(=O)c2ccc(C)cc2)O[C@@H]1n1cnc2c(Cl)ncnc21. The molecule has 0 amide bonds. The first-order valence-corrected chi connectivity index (χ1v) is 10.2. The molecule has 1 unspecified atom stereocenters. The van der Waals surface area contributed by atoms with Gasteiger partial charge in [-0.1, -0.05) is 34.4 Å². The number of imidazole rings is 1. The van der Waals surface area contributed by atoms with Gasteiger partial charge in [-0.05, 0) is 24.6 Å². The van der Waals surface area contributed by atoms with Crippen molar-refractivity contribution in [3.8, 4) is 0 Å². The van der Waals surface area contributed by atoms with E-state index in [0.717, 1.165) is 5.56 Å². The molecule has 1 aromatic carbocycles. The Balaban J connectivity index is 1.62. The number of hydrogen-bond acceptors (Lipinski definition) is 9. The van der Waals surface area contributed by atoms with E-state index in [9.17, 15) is 9.59 Å². The third-order valence-corrected chi connectivity index (χ3v) is 5.33. The molecule has 4 atom stereocenters. The second kappa shape index (κ2) is 9.41. The van der Waals surface area contributed by atoms with Crippen LogP contribution < -0.4 is 0 Å². The summed E-state index contributed by atoms with van der Waals surface area (Å²) in [4.78, 5) is 39.3. The van der Waals surface area contributed by atoms with Gasteiger partial charge in [0.15, 0.2) is 23.1 Å². The molecule has 1 fully saturated rings. The second-order valence-electron chi connectivity index (χ2n) is 7.29. The molecule has 0 spiro atoms. The lowest BCUT2D eigenvalue weighted by Gasteiger charge is -2.21. The highest BCUT2D eigenvalue weighted by molar-refractivity contribution is 6.33. The van der Waals surface area contributed by atoms with Gasteiger partial charge < -0.3 is 14.2 Å². The molecule has 13 heteroatoms. The highest BCUT2D eigenvalue weighted by Gasteiger charge is 2.48. The fraction of sp³-hybridized carbons (Fsp3) is 0.350. The number of esters is 2. The minimum absolute atomic E-state index is 0.135. The number of nitrogens with zero attached hydrogens (tertiary/aromatic N) is 7. The molecular formula is C20H18ClN7O5. The van der Waals surface area contributed by atoms with E-state index >= 15 is 0 Å². The van der Waals surface area contributed by atoms with E-state index in [2.05, 4.69) is 25.0 Å². The van der Waals surface area contributed by atoms with Crippen molar-refractivity contribution in [3.63, 3.8) is 0 Å². The zero-order valence-electron chi connectivity index (χ0n) is 17.5. The number of benzene rings is 1. The number of azide groups is 1. The lowest BCUT2D eigenvalue weighted by Crippen LogP contribution is -2.36. The van der Waals surface area contributed by atoms with E-state index < -0.39 is 36.4 Å². The third kappa shape index (κ3) is 4.58. The van der Waals surface area contributed by atoms with Crippen molar-refractivity contribution < 1.29 is 23.8 Å². The third-order valence-electron chi connectivity index (χ3n) is 5.05. The highest BCUT2D eigenvalue weighted by atomic mass is 35.5. The zero-order valence-corrected chi connectivity index (χ0v) is 18.3. The summed E-state index contributed by atoms with van der Waals surface area (Å²) in [5, 5.41) is 3.89. The number of aromatic nitrogens is 4. The van der Waals surface area contributed by atoms with Crippen molar-refractivity contribution in [2.45, 2.75) is 38.3 Å². The van der Waals surface area contributed by atoms with Gasteiger partial charge in [-0.2, -0.15) is 0 Å². The molecule has 0 aliphatic carbocycles. The van der Waals surface area contributed by atoms with Crippen LogP contribution in [0.4, 0.5) is 0 Å². The van der Waals surface area contributed by atoms with Crippen LogP contribution in [-0.2, 0) is 19.0 Å². The molecule has 0 radical (unpaired) electrons. The van der Waals surface area contributed by atoms with Gasteiger partial charge in [0, 0.05) is 11.8 Å². The van der Waals surface area contributed by atoms with E-state index in [0.29, 0.717) is 16.7 Å². The maximum atomic E-state index is 12.4. The highest BCUT2D eigenvalue weighted by Crippen LogP contribution is 2.36. The largest absolute Gasteiger partial charge is 0.459 e. The van der Waals surface area contributed by atoms with Crippen LogP contribution in [0, 0.1) is 6.92 Å². The number of carbonyl (C=O) groups excluding carboxylic acids is 2. The molecule has 4 rings (SSSR count). The fourth-order valence-electron chi connectivity index (χ4n) is 3.54. The molecule has 3 aromatic rings. The number of aryl methyl sites for hydroxylation is 1. The van der Waals surface area contributed by atoms with Crippen molar-refractivity contribution in [1.82, 2.24) is 19.5 Å². The summed E-state index contributed by atoms with van der Waals surface area (Å²) < 4.78 is 18.4. The molecule has 12 nitrogen and oxygen atoms in total. The predicted molar refractivity (Wildman–Crippen MR) is 114 cm³/mol. The Morgan fingerprint density at radius 3 is 2.73 bits per heavy atom. The normalized spacial score (nSPS) is 22.0. The number of halogens is 1. The van der Waals surface area contributed by atoms with Crippen LogP contribution in [0.2, 0.25) is 5.15 Å². The van der Waals surface area contributed by atoms with Crippen molar-refractivity contribution in [2.75, 3.05) is 6.61 Å². The molecule has 33 heavy (non-hydrogen) atoms. The average Bonchev–Trinajstić information content (AvgIpc) is 3.35. The van der Waals surface area contributed by atoms with Gasteiger partial charge >= 0.3 is 11.9 Å². The van der Waals surface area contributed by atoms with E-state index in [1.807, 2.05) is 6.92 Å². The van der Waals surface area contributed by atoms with Gasteiger partial charge in [-0.3, -0.25) is 9.36 Å². The van der Waals surface area contributed by atoms with Gasteiger partial charge in [0.2, 0.25) is 0 Å². The molecule has 3 heterocycles. The molecular weight excluding hydrogens is 454 g/mol. The summed E-state index contributed by atoms with van der Waals surface area (Å²) in [7, 11) is 0. The number of rotatable bonds is 6. The maximum absolute atomic E-state index is 12.4. The first kappa shape index (κ1) is 22.5. The summed E-state index contributed by atoms with van der Waals surface area (Å²) in [5.74, 6) is -1.18. The van der Waals surface area contributed by atoms with Crippen LogP contribution in [-0.4, -0.2) is 56.3 Å². The second-order valence-corrected chi connectivity index (χ2v) is 7.65. The number of ether oxygens (including phenoxy) is 3. The summed E-state index contributed by atoms with van der Waals surface area (Å²) in [6.07, 6.45) is -0.250.